The van der Waals surface area contributed by atoms with Crippen molar-refractivity contribution in [3.63, 3.8) is 0 Å². The topological polar surface area (TPSA) is 106 Å². The van der Waals surface area contributed by atoms with Gasteiger partial charge in [-0.2, -0.15) is 0 Å². The van der Waals surface area contributed by atoms with E-state index in [-0.39, 0.29) is 29.9 Å². The van der Waals surface area contributed by atoms with Crippen LogP contribution in [0.2, 0.25) is 0 Å². The van der Waals surface area contributed by atoms with Gasteiger partial charge in [0, 0.05) is 37.2 Å². The fourth-order valence-corrected chi connectivity index (χ4v) is 4.56. The average molecular weight is 510 g/mol. The van der Waals surface area contributed by atoms with Crippen LogP contribution in [0.5, 0.6) is 5.75 Å². The molecule has 2 aliphatic rings. The Labute approximate surface area is 217 Å². The summed E-state index contributed by atoms with van der Waals surface area (Å²) in [4.78, 5) is 39.8. The van der Waals surface area contributed by atoms with E-state index in [1.165, 1.54) is 0 Å². The number of morpholine rings is 1. The first-order valence-electron chi connectivity index (χ1n) is 12.6. The van der Waals surface area contributed by atoms with Crippen LogP contribution in [0.25, 0.3) is 0 Å². The Hall–Kier alpha value is -3.59. The number of carbonyl (C=O) groups excluding carboxylic acids is 3. The van der Waals surface area contributed by atoms with Crippen molar-refractivity contribution < 1.29 is 28.6 Å². The van der Waals surface area contributed by atoms with Crippen molar-refractivity contribution in [2.45, 2.75) is 44.8 Å². The molecule has 9 nitrogen and oxygen atoms in total. The zero-order valence-corrected chi connectivity index (χ0v) is 21.8. The molecule has 0 saturated carbocycles. The highest BCUT2D eigenvalue weighted by atomic mass is 16.6. The van der Waals surface area contributed by atoms with Gasteiger partial charge < -0.3 is 29.7 Å². The maximum Gasteiger partial charge on any atom is 0.410 e. The van der Waals surface area contributed by atoms with Crippen LogP contribution in [-0.2, 0) is 9.47 Å². The van der Waals surface area contributed by atoms with Gasteiger partial charge in [0.25, 0.3) is 11.8 Å². The number of hydrogen-bond donors (Lipinski definition) is 2. The smallest absolute Gasteiger partial charge is 0.410 e. The Morgan fingerprint density at radius 2 is 1.86 bits per heavy atom. The average Bonchev–Trinajstić information content (AvgIpc) is 3.31. The highest BCUT2D eigenvalue weighted by Crippen LogP contribution is 2.41. The number of carbonyl (C=O) groups is 3. The van der Waals surface area contributed by atoms with E-state index in [9.17, 15) is 14.4 Å². The van der Waals surface area contributed by atoms with Crippen molar-refractivity contribution in [1.29, 1.82) is 0 Å². The second-order valence-electron chi connectivity index (χ2n) is 10.3. The van der Waals surface area contributed by atoms with E-state index in [1.54, 1.807) is 18.0 Å². The Morgan fingerprint density at radius 1 is 1.11 bits per heavy atom. The molecule has 9 heteroatoms. The Bertz CT molecular complexity index is 1140. The van der Waals surface area contributed by atoms with Crippen LogP contribution in [0.15, 0.2) is 42.5 Å². The van der Waals surface area contributed by atoms with Crippen LogP contribution in [0.1, 0.15) is 65.0 Å². The lowest BCUT2D eigenvalue weighted by molar-refractivity contribution is -0.0440. The first-order chi connectivity index (χ1) is 17.7. The molecule has 0 radical (unpaired) electrons. The van der Waals surface area contributed by atoms with Gasteiger partial charge in [-0.3, -0.25) is 9.59 Å². The number of amides is 3. The van der Waals surface area contributed by atoms with Crippen molar-refractivity contribution in [3.8, 4) is 5.75 Å². The van der Waals surface area contributed by atoms with Gasteiger partial charge in [-0.05, 0) is 44.9 Å². The third kappa shape index (κ3) is 6.40. The maximum atomic E-state index is 13.1. The van der Waals surface area contributed by atoms with E-state index in [2.05, 4.69) is 10.6 Å². The molecule has 2 heterocycles. The van der Waals surface area contributed by atoms with E-state index in [0.29, 0.717) is 56.1 Å². The molecule has 2 aromatic carbocycles. The molecule has 0 bridgehead atoms. The van der Waals surface area contributed by atoms with E-state index >= 15 is 0 Å². The molecule has 0 aromatic heterocycles. The molecule has 2 N–H and O–H groups in total. The Kier molecular flexibility index (Phi) is 8.02. The maximum absolute atomic E-state index is 13.1. The minimum Gasteiger partial charge on any atom is -0.491 e. The second-order valence-corrected chi connectivity index (χ2v) is 10.3. The van der Waals surface area contributed by atoms with E-state index in [1.807, 2.05) is 57.2 Å². The van der Waals surface area contributed by atoms with Crippen LogP contribution in [0.3, 0.4) is 0 Å². The minimum atomic E-state index is -0.563. The van der Waals surface area contributed by atoms with Crippen molar-refractivity contribution >= 4 is 17.9 Å². The Morgan fingerprint density at radius 3 is 2.57 bits per heavy atom. The molecular formula is C28H35N3O6. The number of ether oxygens (including phenoxy) is 3. The van der Waals surface area contributed by atoms with Crippen LogP contribution in [0, 0.1) is 0 Å². The number of nitrogens with zero attached hydrogens (tertiary/aromatic N) is 1. The van der Waals surface area contributed by atoms with Crippen LogP contribution >= 0.6 is 0 Å². The molecule has 2 aromatic rings. The van der Waals surface area contributed by atoms with Crippen molar-refractivity contribution in [1.82, 2.24) is 15.5 Å². The van der Waals surface area contributed by atoms with Crippen LogP contribution in [-0.4, -0.2) is 74.4 Å². The summed E-state index contributed by atoms with van der Waals surface area (Å²) in [6.07, 6.45) is -0.0348. The molecule has 2 atom stereocenters. The molecule has 0 unspecified atom stereocenters. The highest BCUT2D eigenvalue weighted by Gasteiger charge is 2.32. The summed E-state index contributed by atoms with van der Waals surface area (Å²) in [5, 5.41) is 5.57. The quantitative estimate of drug-likeness (QED) is 0.619. The molecule has 3 amide bonds. The van der Waals surface area contributed by atoms with Crippen molar-refractivity contribution in [2.24, 2.45) is 0 Å². The van der Waals surface area contributed by atoms with Crippen molar-refractivity contribution in [2.75, 3.05) is 39.9 Å². The van der Waals surface area contributed by atoms with Gasteiger partial charge in [0.15, 0.2) is 0 Å². The zero-order valence-electron chi connectivity index (χ0n) is 21.8. The van der Waals surface area contributed by atoms with Gasteiger partial charge in [-0.15, -0.1) is 0 Å². The predicted octanol–water partition coefficient (Wildman–Crippen LogP) is 3.33. The summed E-state index contributed by atoms with van der Waals surface area (Å²) in [6.45, 7) is 7.56. The van der Waals surface area contributed by atoms with Gasteiger partial charge in [0.05, 0.1) is 31.4 Å². The van der Waals surface area contributed by atoms with E-state index < -0.39 is 5.60 Å². The highest BCUT2D eigenvalue weighted by molar-refractivity contribution is 6.02. The summed E-state index contributed by atoms with van der Waals surface area (Å²) in [5.41, 5.74) is 2.05. The lowest BCUT2D eigenvalue weighted by Crippen LogP contribution is -2.48. The van der Waals surface area contributed by atoms with Gasteiger partial charge >= 0.3 is 6.09 Å². The molecule has 37 heavy (non-hydrogen) atoms. The standard InChI is InChI=1S/C28H35N3O6/c1-28(2,3)37-27(34)31-12-13-35-20(16-31)10-11-30-25(32)19-14-21-23(18-8-6-5-7-9-18)17-36-24(21)22(15-19)26(33)29-4/h5-9,14-15,20,23H,10-13,16-17H2,1-4H3,(H,29,33)(H,30,32)/t20-,23-/m1/s1. The number of benzene rings is 2. The molecule has 2 aliphatic heterocycles. The fourth-order valence-electron chi connectivity index (χ4n) is 4.56. The normalized spacial score (nSPS) is 19.0. The fraction of sp³-hybridized carbons (Fsp3) is 0.464. The molecule has 0 aliphatic carbocycles. The number of nitrogens with one attached hydrogen (secondary N) is 2. The molecule has 1 fully saturated rings. The summed E-state index contributed by atoms with van der Waals surface area (Å²) >= 11 is 0. The predicted molar refractivity (Wildman–Crippen MR) is 138 cm³/mol. The number of fused-ring (bicyclic) bond motifs is 1. The first kappa shape index (κ1) is 26.5. The van der Waals surface area contributed by atoms with E-state index in [0.717, 1.165) is 11.1 Å². The summed E-state index contributed by atoms with van der Waals surface area (Å²) in [5.74, 6) is -0.145. The molecule has 0 spiro atoms. The number of rotatable bonds is 6. The number of hydrogen-bond acceptors (Lipinski definition) is 6. The van der Waals surface area contributed by atoms with Gasteiger partial charge in [-0.1, -0.05) is 30.3 Å². The monoisotopic (exact) mass is 509 g/mol. The molecular weight excluding hydrogens is 474 g/mol. The molecule has 4 rings (SSSR count). The molecule has 1 saturated heterocycles. The Balaban J connectivity index is 1.42. The third-order valence-corrected chi connectivity index (χ3v) is 6.37. The zero-order chi connectivity index (χ0) is 26.6. The lowest BCUT2D eigenvalue weighted by Gasteiger charge is -2.34. The first-order valence-corrected chi connectivity index (χ1v) is 12.6. The van der Waals surface area contributed by atoms with Crippen LogP contribution in [0.4, 0.5) is 4.79 Å². The largest absolute Gasteiger partial charge is 0.491 e. The van der Waals surface area contributed by atoms with Gasteiger partial charge in [0.2, 0.25) is 0 Å². The SMILES string of the molecule is CNC(=O)c1cc(C(=O)NCC[C@@H]2CN(C(=O)OC(C)(C)C)CCO2)cc2c1OC[C@@H]2c1ccccc1. The summed E-state index contributed by atoms with van der Waals surface area (Å²) in [7, 11) is 1.55. The van der Waals surface area contributed by atoms with Gasteiger partial charge in [-0.25, -0.2) is 4.79 Å². The third-order valence-electron chi connectivity index (χ3n) is 6.37. The van der Waals surface area contributed by atoms with Crippen molar-refractivity contribution in [3.05, 3.63) is 64.7 Å². The van der Waals surface area contributed by atoms with Gasteiger partial charge in [0.1, 0.15) is 11.4 Å². The van der Waals surface area contributed by atoms with Crippen LogP contribution < -0.4 is 15.4 Å². The lowest BCUT2D eigenvalue weighted by atomic mass is 9.90. The van der Waals surface area contributed by atoms with E-state index in [4.69, 9.17) is 14.2 Å². The summed E-state index contributed by atoms with van der Waals surface area (Å²) < 4.78 is 17.2. The molecule has 198 valence electrons. The summed E-state index contributed by atoms with van der Waals surface area (Å²) in [6, 6.07) is 13.3. The second kappa shape index (κ2) is 11.2. The minimum absolute atomic E-state index is 0.0677.